The maximum atomic E-state index is 13.6. The standard InChI is InChI=1S/C14H19F2N/c1-10(2)6-14(8-17-9-14)7-11-12(15)4-3-5-13(11)16/h3-5,10,17H,6-9H2,1-2H3. The fourth-order valence-electron chi connectivity index (χ4n) is 2.76. The lowest BCUT2D eigenvalue weighted by Gasteiger charge is -2.44. The van der Waals surface area contributed by atoms with Crippen LogP contribution < -0.4 is 5.32 Å². The van der Waals surface area contributed by atoms with Gasteiger partial charge in [-0.05, 0) is 36.3 Å². The number of hydrogen-bond acceptors (Lipinski definition) is 1. The Bertz CT molecular complexity index is 377. The van der Waals surface area contributed by atoms with E-state index in [0.717, 1.165) is 19.5 Å². The Balaban J connectivity index is 2.18. The number of rotatable bonds is 4. The lowest BCUT2D eigenvalue weighted by Crippen LogP contribution is -2.55. The van der Waals surface area contributed by atoms with Crippen LogP contribution >= 0.6 is 0 Å². The van der Waals surface area contributed by atoms with Gasteiger partial charge in [-0.1, -0.05) is 19.9 Å². The van der Waals surface area contributed by atoms with Crippen LogP contribution in [0.2, 0.25) is 0 Å². The molecule has 1 aromatic rings. The van der Waals surface area contributed by atoms with Crippen molar-refractivity contribution in [1.82, 2.24) is 5.32 Å². The molecule has 1 fully saturated rings. The minimum absolute atomic E-state index is 0.0389. The molecule has 3 heteroatoms. The molecule has 2 rings (SSSR count). The van der Waals surface area contributed by atoms with Gasteiger partial charge >= 0.3 is 0 Å². The van der Waals surface area contributed by atoms with Gasteiger partial charge in [0, 0.05) is 18.7 Å². The normalized spacial score (nSPS) is 18.2. The van der Waals surface area contributed by atoms with E-state index in [-0.39, 0.29) is 11.0 Å². The van der Waals surface area contributed by atoms with Crippen molar-refractivity contribution >= 4 is 0 Å². The molecule has 0 amide bonds. The third kappa shape index (κ3) is 2.65. The van der Waals surface area contributed by atoms with Gasteiger partial charge in [0.1, 0.15) is 11.6 Å². The van der Waals surface area contributed by atoms with Crippen LogP contribution in [0.25, 0.3) is 0 Å². The molecule has 0 atom stereocenters. The largest absolute Gasteiger partial charge is 0.316 e. The van der Waals surface area contributed by atoms with Crippen molar-refractivity contribution in [2.75, 3.05) is 13.1 Å². The second-order valence-corrected chi connectivity index (χ2v) is 5.58. The summed E-state index contributed by atoms with van der Waals surface area (Å²) < 4.78 is 27.2. The highest BCUT2D eigenvalue weighted by Gasteiger charge is 2.38. The highest BCUT2D eigenvalue weighted by Crippen LogP contribution is 2.35. The molecule has 1 heterocycles. The number of hydrogen-bond donors (Lipinski definition) is 1. The average Bonchev–Trinajstić information content (AvgIpc) is 2.19. The number of halogens is 2. The fraction of sp³-hybridized carbons (Fsp3) is 0.571. The highest BCUT2D eigenvalue weighted by atomic mass is 19.1. The van der Waals surface area contributed by atoms with Crippen molar-refractivity contribution in [1.29, 1.82) is 0 Å². The summed E-state index contributed by atoms with van der Waals surface area (Å²) in [5, 5.41) is 3.22. The van der Waals surface area contributed by atoms with E-state index in [9.17, 15) is 8.78 Å². The molecule has 0 spiro atoms. The Morgan fingerprint density at radius 2 is 1.82 bits per heavy atom. The third-order valence-corrected chi connectivity index (χ3v) is 3.45. The second kappa shape index (κ2) is 4.73. The lowest BCUT2D eigenvalue weighted by atomic mass is 9.71. The van der Waals surface area contributed by atoms with Crippen LogP contribution in [0.3, 0.4) is 0 Å². The molecule has 0 aliphatic carbocycles. The fourth-order valence-corrected chi connectivity index (χ4v) is 2.76. The zero-order valence-corrected chi connectivity index (χ0v) is 10.4. The molecule has 1 aliphatic rings. The molecule has 0 aromatic heterocycles. The van der Waals surface area contributed by atoms with Crippen molar-refractivity contribution in [3.8, 4) is 0 Å². The zero-order valence-electron chi connectivity index (χ0n) is 10.4. The van der Waals surface area contributed by atoms with Crippen LogP contribution in [0.1, 0.15) is 25.8 Å². The molecule has 1 aliphatic heterocycles. The van der Waals surface area contributed by atoms with E-state index in [4.69, 9.17) is 0 Å². The van der Waals surface area contributed by atoms with Crippen LogP contribution in [0.4, 0.5) is 8.78 Å². The Hall–Kier alpha value is -0.960. The predicted molar refractivity (Wildman–Crippen MR) is 64.8 cm³/mol. The molecule has 17 heavy (non-hydrogen) atoms. The van der Waals surface area contributed by atoms with E-state index in [1.165, 1.54) is 18.2 Å². The summed E-state index contributed by atoms with van der Waals surface area (Å²) in [7, 11) is 0. The van der Waals surface area contributed by atoms with Crippen molar-refractivity contribution in [3.05, 3.63) is 35.4 Å². The van der Waals surface area contributed by atoms with Crippen LogP contribution in [-0.2, 0) is 6.42 Å². The smallest absolute Gasteiger partial charge is 0.129 e. The first-order valence-electron chi connectivity index (χ1n) is 6.16. The Labute approximate surface area is 101 Å². The molecular formula is C14H19F2N. The lowest BCUT2D eigenvalue weighted by molar-refractivity contribution is 0.128. The Morgan fingerprint density at radius 3 is 2.24 bits per heavy atom. The van der Waals surface area contributed by atoms with Crippen LogP contribution in [0.15, 0.2) is 18.2 Å². The summed E-state index contributed by atoms with van der Waals surface area (Å²) in [4.78, 5) is 0. The van der Waals surface area contributed by atoms with E-state index in [2.05, 4.69) is 19.2 Å². The van der Waals surface area contributed by atoms with Crippen molar-refractivity contribution in [2.45, 2.75) is 26.7 Å². The Kier molecular flexibility index (Phi) is 3.48. The zero-order chi connectivity index (χ0) is 12.5. The van der Waals surface area contributed by atoms with Gasteiger partial charge in [-0.3, -0.25) is 0 Å². The molecule has 0 unspecified atom stereocenters. The topological polar surface area (TPSA) is 12.0 Å². The van der Waals surface area contributed by atoms with E-state index < -0.39 is 11.6 Å². The van der Waals surface area contributed by atoms with Gasteiger partial charge in [0.15, 0.2) is 0 Å². The average molecular weight is 239 g/mol. The highest BCUT2D eigenvalue weighted by molar-refractivity contribution is 5.22. The minimum Gasteiger partial charge on any atom is -0.316 e. The SMILES string of the molecule is CC(C)CC1(Cc2c(F)cccc2F)CNC1. The van der Waals surface area contributed by atoms with Gasteiger partial charge in [0.05, 0.1) is 0 Å². The maximum Gasteiger partial charge on any atom is 0.129 e. The second-order valence-electron chi connectivity index (χ2n) is 5.58. The van der Waals surface area contributed by atoms with Gasteiger partial charge in [0.25, 0.3) is 0 Å². The Morgan fingerprint density at radius 1 is 1.24 bits per heavy atom. The van der Waals surface area contributed by atoms with Crippen LogP contribution in [0.5, 0.6) is 0 Å². The molecular weight excluding hydrogens is 220 g/mol. The van der Waals surface area contributed by atoms with Gasteiger partial charge in [-0.25, -0.2) is 8.78 Å². The number of benzene rings is 1. The van der Waals surface area contributed by atoms with Crippen molar-refractivity contribution in [3.63, 3.8) is 0 Å². The molecule has 0 bridgehead atoms. The monoisotopic (exact) mass is 239 g/mol. The van der Waals surface area contributed by atoms with E-state index >= 15 is 0 Å². The summed E-state index contributed by atoms with van der Waals surface area (Å²) >= 11 is 0. The molecule has 94 valence electrons. The maximum absolute atomic E-state index is 13.6. The van der Waals surface area contributed by atoms with Crippen LogP contribution in [-0.4, -0.2) is 13.1 Å². The summed E-state index contributed by atoms with van der Waals surface area (Å²) in [6.45, 7) is 6.02. The molecule has 0 saturated carbocycles. The molecule has 1 saturated heterocycles. The molecule has 1 N–H and O–H groups in total. The predicted octanol–water partition coefficient (Wildman–Crippen LogP) is 3.14. The van der Waals surface area contributed by atoms with Gasteiger partial charge in [-0.15, -0.1) is 0 Å². The van der Waals surface area contributed by atoms with Gasteiger partial charge in [-0.2, -0.15) is 0 Å². The summed E-state index contributed by atoms with van der Waals surface area (Å²) in [6, 6.07) is 4.10. The quantitative estimate of drug-likeness (QED) is 0.851. The first kappa shape index (κ1) is 12.5. The van der Waals surface area contributed by atoms with E-state index in [0.29, 0.717) is 12.3 Å². The summed E-state index contributed by atoms with van der Waals surface area (Å²) in [6.07, 6.45) is 1.50. The summed E-state index contributed by atoms with van der Waals surface area (Å²) in [5.41, 5.74) is 0.284. The van der Waals surface area contributed by atoms with Crippen molar-refractivity contribution in [2.24, 2.45) is 11.3 Å². The molecule has 1 nitrogen and oxygen atoms in total. The minimum atomic E-state index is -0.417. The van der Waals surface area contributed by atoms with Gasteiger partial charge < -0.3 is 5.32 Å². The number of nitrogens with one attached hydrogen (secondary N) is 1. The van der Waals surface area contributed by atoms with Gasteiger partial charge in [0.2, 0.25) is 0 Å². The van der Waals surface area contributed by atoms with E-state index in [1.54, 1.807) is 0 Å². The van der Waals surface area contributed by atoms with Crippen LogP contribution in [0, 0.1) is 23.0 Å². The van der Waals surface area contributed by atoms with Crippen molar-refractivity contribution < 1.29 is 8.78 Å². The third-order valence-electron chi connectivity index (χ3n) is 3.45. The first-order valence-corrected chi connectivity index (χ1v) is 6.16. The van der Waals surface area contributed by atoms with E-state index in [1.807, 2.05) is 0 Å². The molecule has 0 radical (unpaired) electrons. The molecule has 1 aromatic carbocycles. The first-order chi connectivity index (χ1) is 8.02. The summed E-state index contributed by atoms with van der Waals surface area (Å²) in [5.74, 6) is -0.285.